The third-order valence-electron chi connectivity index (χ3n) is 2.14. The van der Waals surface area contributed by atoms with Crippen molar-refractivity contribution in [1.29, 1.82) is 0 Å². The number of ketones is 1. The number of Topliss-reactive ketones (excluding diaryl/α,β-unsaturated/α-hetero) is 1. The van der Waals surface area contributed by atoms with E-state index in [0.29, 0.717) is 0 Å². The van der Waals surface area contributed by atoms with E-state index in [9.17, 15) is 19.1 Å². The van der Waals surface area contributed by atoms with Crippen LogP contribution in [0.3, 0.4) is 0 Å². The first-order valence-corrected chi connectivity index (χ1v) is 3.97. The summed E-state index contributed by atoms with van der Waals surface area (Å²) in [5, 5.41) is 9.24. The smallest absolute Gasteiger partial charge is 0.265 e. The molecule has 1 heterocycles. The lowest BCUT2D eigenvalue weighted by atomic mass is 10.1. The fraction of sp³-hybridized carbons (Fsp3) is 0.333. The van der Waals surface area contributed by atoms with Crippen LogP contribution in [0.1, 0.15) is 23.0 Å². The van der Waals surface area contributed by atoms with Gasteiger partial charge in [-0.2, -0.15) is 0 Å². The molecule has 0 fully saturated rings. The Hall–Kier alpha value is -1.65. The van der Waals surface area contributed by atoms with E-state index in [1.807, 2.05) is 0 Å². The summed E-state index contributed by atoms with van der Waals surface area (Å²) >= 11 is 0. The average Bonchev–Trinajstić information content (AvgIpc) is 2.11. The second-order valence-corrected chi connectivity index (χ2v) is 3.04. The molecule has 0 saturated carbocycles. The fourth-order valence-electron chi connectivity index (χ4n) is 1.17. The zero-order chi connectivity index (χ0) is 11.0. The highest BCUT2D eigenvalue weighted by Crippen LogP contribution is 2.20. The number of hydrogen-bond donors (Lipinski definition) is 1. The molecule has 1 N–H and O–H groups in total. The van der Waals surface area contributed by atoms with Crippen LogP contribution in [0.4, 0.5) is 4.39 Å². The van der Waals surface area contributed by atoms with Gasteiger partial charge in [-0.15, -0.1) is 0 Å². The summed E-state index contributed by atoms with van der Waals surface area (Å²) in [6, 6.07) is 0. The molecule has 4 nitrogen and oxygen atoms in total. The number of pyridine rings is 1. The van der Waals surface area contributed by atoms with E-state index in [0.717, 1.165) is 11.5 Å². The van der Waals surface area contributed by atoms with Crippen LogP contribution < -0.4 is 5.56 Å². The molecule has 0 aliphatic heterocycles. The van der Waals surface area contributed by atoms with Gasteiger partial charge in [0, 0.05) is 7.05 Å². The zero-order valence-corrected chi connectivity index (χ0v) is 8.09. The number of nitrogens with zero attached hydrogens (tertiary/aromatic N) is 1. The lowest BCUT2D eigenvalue weighted by Crippen LogP contribution is -2.26. The Bertz CT molecular complexity index is 462. The molecule has 14 heavy (non-hydrogen) atoms. The van der Waals surface area contributed by atoms with E-state index in [1.54, 1.807) is 0 Å². The van der Waals surface area contributed by atoms with Gasteiger partial charge in [0.15, 0.2) is 17.3 Å². The molecule has 0 amide bonds. The van der Waals surface area contributed by atoms with Crippen LogP contribution in [0.5, 0.6) is 5.75 Å². The molecule has 0 aliphatic rings. The molecule has 5 heteroatoms. The molecule has 76 valence electrons. The number of aromatic nitrogens is 1. The second-order valence-electron chi connectivity index (χ2n) is 3.04. The van der Waals surface area contributed by atoms with E-state index < -0.39 is 28.5 Å². The molecule has 0 unspecified atom stereocenters. The Morgan fingerprint density at radius 2 is 2.00 bits per heavy atom. The minimum Gasteiger partial charge on any atom is -0.504 e. The topological polar surface area (TPSA) is 59.3 Å². The minimum absolute atomic E-state index is 0.00231. The first-order valence-electron chi connectivity index (χ1n) is 3.97. The standard InChI is InChI=1S/C9H10FNO3/c1-4-7(10)8(13)6(5(2)12)9(14)11(4)3/h13H,1-3H3. The van der Waals surface area contributed by atoms with E-state index in [-0.39, 0.29) is 5.69 Å². The summed E-state index contributed by atoms with van der Waals surface area (Å²) in [6.45, 7) is 2.45. The van der Waals surface area contributed by atoms with Crippen molar-refractivity contribution in [2.75, 3.05) is 0 Å². The first kappa shape index (κ1) is 10.4. The number of carbonyl (C=O) groups is 1. The monoisotopic (exact) mass is 199 g/mol. The maximum Gasteiger partial charge on any atom is 0.265 e. The van der Waals surface area contributed by atoms with Crippen LogP contribution in [-0.4, -0.2) is 15.5 Å². The fourth-order valence-corrected chi connectivity index (χ4v) is 1.17. The Balaban J connectivity index is 3.78. The van der Waals surface area contributed by atoms with Crippen LogP contribution >= 0.6 is 0 Å². The molecule has 0 bridgehead atoms. The molecule has 1 rings (SSSR count). The highest BCUT2D eigenvalue weighted by atomic mass is 19.1. The maximum atomic E-state index is 13.2. The van der Waals surface area contributed by atoms with E-state index in [1.165, 1.54) is 14.0 Å². The third kappa shape index (κ3) is 1.30. The van der Waals surface area contributed by atoms with Crippen molar-refractivity contribution in [1.82, 2.24) is 4.57 Å². The van der Waals surface area contributed by atoms with Crippen molar-refractivity contribution in [2.45, 2.75) is 13.8 Å². The maximum absolute atomic E-state index is 13.2. The Kier molecular flexibility index (Phi) is 2.42. The van der Waals surface area contributed by atoms with Crippen molar-refractivity contribution in [2.24, 2.45) is 7.05 Å². The van der Waals surface area contributed by atoms with Gasteiger partial charge in [0.05, 0.1) is 5.69 Å². The van der Waals surface area contributed by atoms with Gasteiger partial charge >= 0.3 is 0 Å². The van der Waals surface area contributed by atoms with Crippen molar-refractivity contribution in [3.63, 3.8) is 0 Å². The van der Waals surface area contributed by atoms with Crippen molar-refractivity contribution >= 4 is 5.78 Å². The normalized spacial score (nSPS) is 10.3. The number of hydrogen-bond acceptors (Lipinski definition) is 3. The van der Waals surface area contributed by atoms with Crippen LogP contribution in [-0.2, 0) is 7.05 Å². The molecular weight excluding hydrogens is 189 g/mol. The number of carbonyl (C=O) groups excluding carboxylic acids is 1. The lowest BCUT2D eigenvalue weighted by molar-refractivity contribution is 0.101. The Labute approximate surface area is 79.6 Å². The first-order chi connectivity index (χ1) is 6.37. The van der Waals surface area contributed by atoms with Gasteiger partial charge in [0.2, 0.25) is 0 Å². The highest BCUT2D eigenvalue weighted by Gasteiger charge is 2.20. The summed E-state index contributed by atoms with van der Waals surface area (Å²) in [4.78, 5) is 22.4. The third-order valence-corrected chi connectivity index (χ3v) is 2.14. The van der Waals surface area contributed by atoms with Gasteiger partial charge in [0.1, 0.15) is 5.56 Å². The van der Waals surface area contributed by atoms with Crippen molar-refractivity contribution < 1.29 is 14.3 Å². The van der Waals surface area contributed by atoms with Crippen molar-refractivity contribution in [3.8, 4) is 5.75 Å². The van der Waals surface area contributed by atoms with Gasteiger partial charge in [0.25, 0.3) is 5.56 Å². The van der Waals surface area contributed by atoms with Gasteiger partial charge < -0.3 is 9.67 Å². The van der Waals surface area contributed by atoms with Gasteiger partial charge in [-0.05, 0) is 13.8 Å². The summed E-state index contributed by atoms with van der Waals surface area (Å²) in [5.74, 6) is -2.45. The van der Waals surface area contributed by atoms with Crippen LogP contribution in [0.25, 0.3) is 0 Å². The summed E-state index contributed by atoms with van der Waals surface area (Å²) in [5.41, 5.74) is -1.19. The van der Waals surface area contributed by atoms with Crippen LogP contribution in [0.2, 0.25) is 0 Å². The molecule has 0 radical (unpaired) electrons. The quantitative estimate of drug-likeness (QED) is 0.678. The summed E-state index contributed by atoms with van der Waals surface area (Å²) < 4.78 is 14.2. The lowest BCUT2D eigenvalue weighted by Gasteiger charge is -2.08. The molecule has 0 spiro atoms. The summed E-state index contributed by atoms with van der Waals surface area (Å²) in [7, 11) is 1.34. The Morgan fingerprint density at radius 3 is 2.43 bits per heavy atom. The summed E-state index contributed by atoms with van der Waals surface area (Å²) in [6.07, 6.45) is 0. The number of aromatic hydroxyl groups is 1. The molecule has 0 atom stereocenters. The van der Waals surface area contributed by atoms with Gasteiger partial charge in [-0.25, -0.2) is 4.39 Å². The second kappa shape index (κ2) is 3.25. The largest absolute Gasteiger partial charge is 0.504 e. The predicted molar refractivity (Wildman–Crippen MR) is 48.0 cm³/mol. The molecule has 1 aromatic rings. The van der Waals surface area contributed by atoms with Crippen LogP contribution in [0.15, 0.2) is 4.79 Å². The van der Waals surface area contributed by atoms with E-state index >= 15 is 0 Å². The van der Waals surface area contributed by atoms with Crippen molar-refractivity contribution in [3.05, 3.63) is 27.4 Å². The molecule has 0 aliphatic carbocycles. The minimum atomic E-state index is -0.933. The van der Waals surface area contributed by atoms with E-state index in [2.05, 4.69) is 0 Å². The van der Waals surface area contributed by atoms with Gasteiger partial charge in [-0.1, -0.05) is 0 Å². The van der Waals surface area contributed by atoms with E-state index in [4.69, 9.17) is 0 Å². The SMILES string of the molecule is CC(=O)c1c(O)c(F)c(C)n(C)c1=O. The molecule has 0 aromatic carbocycles. The molecular formula is C9H10FNO3. The van der Waals surface area contributed by atoms with Gasteiger partial charge in [-0.3, -0.25) is 9.59 Å². The zero-order valence-electron chi connectivity index (χ0n) is 8.09. The average molecular weight is 199 g/mol. The molecule has 0 saturated heterocycles. The Morgan fingerprint density at radius 1 is 1.50 bits per heavy atom. The molecule has 1 aromatic heterocycles. The predicted octanol–water partition coefficient (Wildman–Crippen LogP) is 0.741. The number of halogens is 1. The van der Waals surface area contributed by atoms with Crippen LogP contribution in [0, 0.1) is 12.7 Å². The number of rotatable bonds is 1. The highest BCUT2D eigenvalue weighted by molar-refractivity contribution is 5.96.